The predicted octanol–water partition coefficient (Wildman–Crippen LogP) is 2.92. The van der Waals surface area contributed by atoms with Gasteiger partial charge < -0.3 is 10.1 Å². The van der Waals surface area contributed by atoms with Crippen LogP contribution in [-0.4, -0.2) is 42.7 Å². The van der Waals surface area contributed by atoms with Gasteiger partial charge in [0.1, 0.15) is 0 Å². The Labute approximate surface area is 118 Å². The lowest BCUT2D eigenvalue weighted by Gasteiger charge is -2.46. The van der Waals surface area contributed by atoms with Crippen LogP contribution in [0.3, 0.4) is 0 Å². The summed E-state index contributed by atoms with van der Waals surface area (Å²) in [5.74, 6) is 0. The smallest absolute Gasteiger partial charge is 0.0876 e. The highest BCUT2D eigenvalue weighted by atomic mass is 16.5. The van der Waals surface area contributed by atoms with E-state index in [1.165, 1.54) is 44.3 Å². The molecule has 2 aliphatic heterocycles. The van der Waals surface area contributed by atoms with Gasteiger partial charge in [-0.15, -0.1) is 0 Å². The Morgan fingerprint density at radius 3 is 2.58 bits per heavy atom. The zero-order chi connectivity index (χ0) is 13.7. The number of likely N-dealkylation sites (tertiary alicyclic amines) is 1. The van der Waals surface area contributed by atoms with Gasteiger partial charge in [0.2, 0.25) is 0 Å². The summed E-state index contributed by atoms with van der Waals surface area (Å²) in [4.78, 5) is 2.69. The van der Waals surface area contributed by atoms with Gasteiger partial charge in [0.05, 0.1) is 12.9 Å². The van der Waals surface area contributed by atoms with Gasteiger partial charge in [-0.25, -0.2) is 0 Å². The van der Waals surface area contributed by atoms with Gasteiger partial charge in [0.15, 0.2) is 0 Å². The van der Waals surface area contributed by atoms with Crippen molar-refractivity contribution in [2.75, 3.05) is 26.2 Å². The summed E-state index contributed by atoms with van der Waals surface area (Å²) < 4.78 is 5.59. The van der Waals surface area contributed by atoms with Crippen molar-refractivity contribution in [3.63, 3.8) is 0 Å². The monoisotopic (exact) mass is 266 g/mol. The second kappa shape index (κ2) is 6.76. The zero-order valence-electron chi connectivity index (χ0n) is 12.9. The van der Waals surface area contributed by atoms with Crippen LogP contribution in [-0.2, 0) is 4.74 Å². The molecule has 0 bridgehead atoms. The molecule has 1 fully saturated rings. The van der Waals surface area contributed by atoms with Gasteiger partial charge in [0.25, 0.3) is 0 Å². The minimum absolute atomic E-state index is 0.221. The highest BCUT2D eigenvalue weighted by molar-refractivity contribution is 5.18. The molecule has 0 aliphatic carbocycles. The molecule has 2 heterocycles. The molecular formula is C16H30N2O. The van der Waals surface area contributed by atoms with Crippen LogP contribution in [0.2, 0.25) is 0 Å². The molecule has 3 heteroatoms. The molecule has 2 unspecified atom stereocenters. The van der Waals surface area contributed by atoms with Crippen molar-refractivity contribution in [1.29, 1.82) is 0 Å². The van der Waals surface area contributed by atoms with E-state index in [-0.39, 0.29) is 5.54 Å². The van der Waals surface area contributed by atoms with Gasteiger partial charge >= 0.3 is 0 Å². The highest BCUT2D eigenvalue weighted by Crippen LogP contribution is 2.33. The van der Waals surface area contributed by atoms with Crippen molar-refractivity contribution in [2.45, 2.75) is 64.5 Å². The maximum absolute atomic E-state index is 5.59. The molecule has 0 saturated carbocycles. The molecule has 1 saturated heterocycles. The van der Waals surface area contributed by atoms with E-state index in [1.807, 2.05) is 6.26 Å². The van der Waals surface area contributed by atoms with Crippen LogP contribution in [0, 0.1) is 0 Å². The van der Waals surface area contributed by atoms with E-state index >= 15 is 0 Å². The fraction of sp³-hybridized carbons (Fsp3) is 0.875. The first-order chi connectivity index (χ1) is 9.22. The average Bonchev–Trinajstić information content (AvgIpc) is 2.99. The summed E-state index contributed by atoms with van der Waals surface area (Å²) in [5, 5.41) is 3.73. The largest absolute Gasteiger partial charge is 0.501 e. The molecule has 0 amide bonds. The summed E-state index contributed by atoms with van der Waals surface area (Å²) in [7, 11) is 0. The maximum atomic E-state index is 5.59. The number of ether oxygens (including phenoxy) is 1. The molecule has 0 aromatic heterocycles. The molecule has 19 heavy (non-hydrogen) atoms. The Balaban J connectivity index is 2.20. The van der Waals surface area contributed by atoms with Gasteiger partial charge in [-0.1, -0.05) is 13.8 Å². The SMILES string of the molecule is CCNC(C1=COCCC1)C(C)(CC)N1CCCC1. The molecule has 2 rings (SSSR count). The molecular weight excluding hydrogens is 236 g/mol. The van der Waals surface area contributed by atoms with Gasteiger partial charge in [-0.2, -0.15) is 0 Å². The number of rotatable bonds is 6. The van der Waals surface area contributed by atoms with E-state index in [2.05, 4.69) is 31.0 Å². The number of nitrogens with zero attached hydrogens (tertiary/aromatic N) is 1. The third-order valence-corrected chi connectivity index (χ3v) is 4.91. The quantitative estimate of drug-likeness (QED) is 0.800. The van der Waals surface area contributed by atoms with Crippen LogP contribution >= 0.6 is 0 Å². The second-order valence-electron chi connectivity index (χ2n) is 6.06. The number of hydrogen-bond donors (Lipinski definition) is 1. The molecule has 0 aromatic carbocycles. The van der Waals surface area contributed by atoms with Crippen molar-refractivity contribution in [3.8, 4) is 0 Å². The molecule has 2 aliphatic rings. The Bertz CT molecular complexity index is 310. The number of nitrogens with one attached hydrogen (secondary N) is 1. The molecule has 1 N–H and O–H groups in total. The number of likely N-dealkylation sites (N-methyl/N-ethyl adjacent to an activating group) is 1. The Morgan fingerprint density at radius 2 is 2.05 bits per heavy atom. The van der Waals surface area contributed by atoms with E-state index in [4.69, 9.17) is 4.74 Å². The summed E-state index contributed by atoms with van der Waals surface area (Å²) in [6.45, 7) is 11.4. The molecule has 0 aromatic rings. The number of hydrogen-bond acceptors (Lipinski definition) is 3. The normalized spacial score (nSPS) is 25.5. The van der Waals surface area contributed by atoms with Crippen LogP contribution in [0.4, 0.5) is 0 Å². The van der Waals surface area contributed by atoms with Crippen LogP contribution in [0.5, 0.6) is 0 Å². The Morgan fingerprint density at radius 1 is 1.32 bits per heavy atom. The molecule has 2 atom stereocenters. The van der Waals surface area contributed by atoms with Crippen molar-refractivity contribution >= 4 is 0 Å². The molecule has 3 nitrogen and oxygen atoms in total. The lowest BCUT2D eigenvalue weighted by atomic mass is 9.81. The Hall–Kier alpha value is -0.540. The maximum Gasteiger partial charge on any atom is 0.0876 e. The third kappa shape index (κ3) is 3.14. The van der Waals surface area contributed by atoms with Gasteiger partial charge in [0, 0.05) is 11.6 Å². The summed E-state index contributed by atoms with van der Waals surface area (Å²) >= 11 is 0. The van der Waals surface area contributed by atoms with Crippen molar-refractivity contribution in [2.24, 2.45) is 0 Å². The van der Waals surface area contributed by atoms with E-state index < -0.39 is 0 Å². The predicted molar refractivity (Wildman–Crippen MR) is 80.2 cm³/mol. The summed E-state index contributed by atoms with van der Waals surface area (Å²) in [6.07, 6.45) is 8.26. The van der Waals surface area contributed by atoms with Crippen LogP contribution in [0.15, 0.2) is 11.8 Å². The van der Waals surface area contributed by atoms with E-state index in [0.29, 0.717) is 6.04 Å². The first kappa shape index (κ1) is 14.9. The summed E-state index contributed by atoms with van der Waals surface area (Å²) in [5.41, 5.74) is 1.68. The van der Waals surface area contributed by atoms with E-state index in [1.54, 1.807) is 0 Å². The van der Waals surface area contributed by atoms with E-state index in [0.717, 1.165) is 19.6 Å². The highest BCUT2D eigenvalue weighted by Gasteiger charge is 2.41. The summed E-state index contributed by atoms with van der Waals surface area (Å²) in [6, 6.07) is 0.431. The van der Waals surface area contributed by atoms with Crippen molar-refractivity contribution in [3.05, 3.63) is 11.8 Å². The van der Waals surface area contributed by atoms with Crippen LogP contribution in [0.25, 0.3) is 0 Å². The first-order valence-corrected chi connectivity index (χ1v) is 8.01. The van der Waals surface area contributed by atoms with E-state index in [9.17, 15) is 0 Å². The lowest BCUT2D eigenvalue weighted by molar-refractivity contribution is 0.0914. The minimum atomic E-state index is 0.221. The van der Waals surface area contributed by atoms with Crippen LogP contribution < -0.4 is 5.32 Å². The van der Waals surface area contributed by atoms with Gasteiger partial charge in [-0.3, -0.25) is 4.90 Å². The average molecular weight is 266 g/mol. The van der Waals surface area contributed by atoms with Crippen molar-refractivity contribution < 1.29 is 4.74 Å². The Kier molecular flexibility index (Phi) is 5.28. The third-order valence-electron chi connectivity index (χ3n) is 4.91. The van der Waals surface area contributed by atoms with Gasteiger partial charge in [-0.05, 0) is 64.2 Å². The van der Waals surface area contributed by atoms with Crippen LogP contribution in [0.1, 0.15) is 52.9 Å². The first-order valence-electron chi connectivity index (χ1n) is 8.01. The topological polar surface area (TPSA) is 24.5 Å². The van der Waals surface area contributed by atoms with Crippen molar-refractivity contribution in [1.82, 2.24) is 10.2 Å². The minimum Gasteiger partial charge on any atom is -0.501 e. The fourth-order valence-electron chi connectivity index (χ4n) is 3.59. The molecule has 110 valence electrons. The lowest BCUT2D eigenvalue weighted by Crippen LogP contribution is -2.59. The molecule has 0 radical (unpaired) electrons. The second-order valence-corrected chi connectivity index (χ2v) is 6.06. The zero-order valence-corrected chi connectivity index (χ0v) is 12.9. The molecule has 0 spiro atoms. The fourth-order valence-corrected chi connectivity index (χ4v) is 3.59. The standard InChI is InChI=1S/C16H30N2O/c1-4-16(3,18-10-6-7-11-18)15(17-5-2)14-9-8-12-19-13-14/h13,15,17H,4-12H2,1-3H3.